The Kier molecular flexibility index (Phi) is 6.19. The zero-order valence-electron chi connectivity index (χ0n) is 18.5. The zero-order valence-corrected chi connectivity index (χ0v) is 19.4. The maximum Gasteiger partial charge on any atom is 0.229 e. The van der Waals surface area contributed by atoms with Crippen molar-refractivity contribution in [1.29, 1.82) is 5.26 Å². The largest absolute Gasteiger partial charge is 0.493 e. The van der Waals surface area contributed by atoms with Crippen LogP contribution in [0.15, 0.2) is 47.0 Å². The lowest BCUT2D eigenvalue weighted by atomic mass is 9.86. The van der Waals surface area contributed by atoms with Crippen molar-refractivity contribution in [2.45, 2.75) is 19.3 Å². The highest BCUT2D eigenvalue weighted by Crippen LogP contribution is 2.47. The number of hydrogen-bond acceptors (Lipinski definition) is 7. The molecule has 0 radical (unpaired) electrons. The minimum atomic E-state index is -0.370. The molecule has 0 aliphatic carbocycles. The number of carbonyl (C=O) groups is 1. The second-order valence-electron chi connectivity index (χ2n) is 7.66. The SMILES string of the molecule is COc1cc([C@H]2CC(=O)N3CN(c4ccc(C)cc4)CSC3=C2C#N)cc(OC)c1OC. The molecule has 0 bridgehead atoms. The molecule has 0 unspecified atom stereocenters. The predicted molar refractivity (Wildman–Crippen MR) is 124 cm³/mol. The van der Waals surface area contributed by atoms with Gasteiger partial charge in [0.15, 0.2) is 11.5 Å². The van der Waals surface area contributed by atoms with Crippen molar-refractivity contribution in [2.24, 2.45) is 0 Å². The van der Waals surface area contributed by atoms with Gasteiger partial charge in [-0.05, 0) is 36.8 Å². The van der Waals surface area contributed by atoms with Gasteiger partial charge in [0.05, 0.1) is 50.5 Å². The summed E-state index contributed by atoms with van der Waals surface area (Å²) >= 11 is 1.52. The second kappa shape index (κ2) is 9.05. The molecule has 0 N–H and O–H groups in total. The van der Waals surface area contributed by atoms with E-state index < -0.39 is 0 Å². The number of amides is 1. The van der Waals surface area contributed by atoms with Gasteiger partial charge in [-0.15, -0.1) is 0 Å². The molecule has 2 aromatic carbocycles. The number of nitrogens with zero attached hydrogens (tertiary/aromatic N) is 3. The Hall–Kier alpha value is -3.31. The van der Waals surface area contributed by atoms with Crippen molar-refractivity contribution < 1.29 is 19.0 Å². The highest BCUT2D eigenvalue weighted by molar-refractivity contribution is 8.03. The van der Waals surface area contributed by atoms with E-state index in [-0.39, 0.29) is 18.2 Å². The summed E-state index contributed by atoms with van der Waals surface area (Å²) in [5, 5.41) is 10.8. The van der Waals surface area contributed by atoms with Crippen LogP contribution in [0.1, 0.15) is 23.5 Å². The van der Waals surface area contributed by atoms with Crippen LogP contribution in [0.2, 0.25) is 0 Å². The highest BCUT2D eigenvalue weighted by Gasteiger charge is 2.39. The van der Waals surface area contributed by atoms with Crippen molar-refractivity contribution in [3.05, 3.63) is 58.1 Å². The molecule has 2 aliphatic rings. The minimum Gasteiger partial charge on any atom is -0.493 e. The second-order valence-corrected chi connectivity index (χ2v) is 8.59. The van der Waals surface area contributed by atoms with Crippen LogP contribution in [-0.2, 0) is 4.79 Å². The van der Waals surface area contributed by atoms with Crippen LogP contribution in [0.4, 0.5) is 5.69 Å². The molecule has 0 aromatic heterocycles. The number of aryl methyl sites for hydroxylation is 1. The lowest BCUT2D eigenvalue weighted by Gasteiger charge is -2.42. The fourth-order valence-corrected chi connectivity index (χ4v) is 5.24. The van der Waals surface area contributed by atoms with Crippen molar-refractivity contribution in [2.75, 3.05) is 38.8 Å². The Labute approximate surface area is 192 Å². The third kappa shape index (κ3) is 3.84. The molecular weight excluding hydrogens is 426 g/mol. The summed E-state index contributed by atoms with van der Waals surface area (Å²) in [7, 11) is 4.65. The Balaban J connectivity index is 1.70. The zero-order chi connectivity index (χ0) is 22.8. The van der Waals surface area contributed by atoms with E-state index in [1.807, 2.05) is 19.1 Å². The Morgan fingerprint density at radius 2 is 1.72 bits per heavy atom. The van der Waals surface area contributed by atoms with Crippen molar-refractivity contribution in [1.82, 2.24) is 4.90 Å². The summed E-state index contributed by atoms with van der Waals surface area (Å²) in [5.41, 5.74) is 3.62. The van der Waals surface area contributed by atoms with E-state index in [0.717, 1.165) is 16.3 Å². The molecule has 4 rings (SSSR count). The molecule has 2 aromatic rings. The fraction of sp³-hybridized carbons (Fsp3) is 0.333. The summed E-state index contributed by atoms with van der Waals surface area (Å²) in [4.78, 5) is 17.1. The Bertz CT molecular complexity index is 1080. The molecule has 7 nitrogen and oxygen atoms in total. The van der Waals surface area contributed by atoms with Gasteiger partial charge in [0, 0.05) is 18.0 Å². The molecule has 2 heterocycles. The van der Waals surface area contributed by atoms with E-state index in [1.165, 1.54) is 17.3 Å². The average Bonchev–Trinajstić information content (AvgIpc) is 2.83. The van der Waals surface area contributed by atoms with Gasteiger partial charge in [0.1, 0.15) is 0 Å². The highest BCUT2D eigenvalue weighted by atomic mass is 32.2. The Morgan fingerprint density at radius 3 is 2.28 bits per heavy atom. The number of allylic oxidation sites excluding steroid dienone is 1. The average molecular weight is 452 g/mol. The summed E-state index contributed by atoms with van der Waals surface area (Å²) in [6.07, 6.45) is 0.202. The van der Waals surface area contributed by atoms with Crippen LogP contribution in [0.25, 0.3) is 0 Å². The van der Waals surface area contributed by atoms with Gasteiger partial charge in [-0.2, -0.15) is 5.26 Å². The number of methoxy groups -OCH3 is 3. The molecule has 166 valence electrons. The van der Waals surface area contributed by atoms with E-state index in [0.29, 0.717) is 35.4 Å². The molecule has 32 heavy (non-hydrogen) atoms. The first-order valence-electron chi connectivity index (χ1n) is 10.2. The number of ether oxygens (including phenoxy) is 3. The minimum absolute atomic E-state index is 0.0120. The number of nitriles is 1. The van der Waals surface area contributed by atoms with Crippen LogP contribution in [0.5, 0.6) is 17.2 Å². The monoisotopic (exact) mass is 451 g/mol. The van der Waals surface area contributed by atoms with E-state index in [2.05, 4.69) is 35.2 Å². The molecule has 2 aliphatic heterocycles. The van der Waals surface area contributed by atoms with Gasteiger partial charge in [0.25, 0.3) is 0 Å². The number of rotatable bonds is 5. The summed E-state index contributed by atoms with van der Waals surface area (Å²) in [6.45, 7) is 2.48. The maximum absolute atomic E-state index is 13.2. The summed E-state index contributed by atoms with van der Waals surface area (Å²) in [5.74, 6) is 1.76. The van der Waals surface area contributed by atoms with Crippen LogP contribution < -0.4 is 19.1 Å². The van der Waals surface area contributed by atoms with Crippen molar-refractivity contribution in [3.63, 3.8) is 0 Å². The molecule has 1 saturated heterocycles. The molecule has 0 saturated carbocycles. The van der Waals surface area contributed by atoms with Crippen molar-refractivity contribution >= 4 is 23.4 Å². The first-order chi connectivity index (χ1) is 15.5. The predicted octanol–water partition coefficient (Wildman–Crippen LogP) is 4.24. The number of carbonyl (C=O) groups excluding carboxylic acids is 1. The van der Waals surface area contributed by atoms with Crippen LogP contribution in [0.3, 0.4) is 0 Å². The Morgan fingerprint density at radius 1 is 1.06 bits per heavy atom. The standard InChI is InChI=1S/C24H25N3O4S/c1-15-5-7-17(8-6-15)26-13-27-22(28)11-18(19(12-25)24(27)32-14-26)16-9-20(29-2)23(31-4)21(10-16)30-3/h5-10,18H,11,13-14H2,1-4H3/t18-/m1/s1. The van der Waals surface area contributed by atoms with Crippen LogP contribution in [-0.4, -0.2) is 44.7 Å². The quantitative estimate of drug-likeness (QED) is 0.673. The normalized spacial score (nSPS) is 18.2. The molecule has 1 fully saturated rings. The summed E-state index contributed by atoms with van der Waals surface area (Å²) < 4.78 is 16.4. The molecule has 1 amide bonds. The lowest BCUT2D eigenvalue weighted by molar-refractivity contribution is -0.129. The van der Waals surface area contributed by atoms with Gasteiger partial charge in [-0.25, -0.2) is 0 Å². The van der Waals surface area contributed by atoms with Gasteiger partial charge in [-0.3, -0.25) is 9.69 Å². The van der Waals surface area contributed by atoms with Crippen LogP contribution in [0, 0.1) is 18.3 Å². The van der Waals surface area contributed by atoms with Gasteiger partial charge >= 0.3 is 0 Å². The van der Waals surface area contributed by atoms with E-state index in [4.69, 9.17) is 14.2 Å². The third-order valence-corrected chi connectivity index (χ3v) is 6.94. The van der Waals surface area contributed by atoms with E-state index in [1.54, 1.807) is 26.2 Å². The smallest absolute Gasteiger partial charge is 0.229 e. The van der Waals surface area contributed by atoms with Crippen molar-refractivity contribution in [3.8, 4) is 23.3 Å². The number of thioether (sulfide) groups is 1. The van der Waals surface area contributed by atoms with Gasteiger partial charge in [-0.1, -0.05) is 29.5 Å². The number of fused-ring (bicyclic) bond motifs is 1. The van der Waals surface area contributed by atoms with Gasteiger partial charge in [0.2, 0.25) is 11.7 Å². The fourth-order valence-electron chi connectivity index (χ4n) is 4.07. The van der Waals surface area contributed by atoms with E-state index in [9.17, 15) is 10.1 Å². The third-order valence-electron chi connectivity index (χ3n) is 5.78. The summed E-state index contributed by atoms with van der Waals surface area (Å²) in [6, 6.07) is 14.2. The first-order valence-corrected chi connectivity index (χ1v) is 11.2. The molecular formula is C24H25N3O4S. The van der Waals surface area contributed by atoms with Gasteiger partial charge < -0.3 is 19.1 Å². The topological polar surface area (TPSA) is 75.0 Å². The van der Waals surface area contributed by atoms with Crippen LogP contribution >= 0.6 is 11.8 Å². The molecule has 8 heteroatoms. The first kappa shape index (κ1) is 21.9. The maximum atomic E-state index is 13.2. The number of anilines is 1. The molecule has 0 spiro atoms. The lowest BCUT2D eigenvalue weighted by Crippen LogP contribution is -2.47. The number of benzene rings is 2. The number of hydrogen-bond donors (Lipinski definition) is 0. The van der Waals surface area contributed by atoms with E-state index >= 15 is 0 Å². The molecule has 1 atom stereocenters.